The van der Waals surface area contributed by atoms with Gasteiger partial charge in [0.25, 0.3) is 0 Å². The summed E-state index contributed by atoms with van der Waals surface area (Å²) in [5.41, 5.74) is 5.53. The van der Waals surface area contributed by atoms with Crippen molar-refractivity contribution in [2.75, 3.05) is 5.75 Å². The average molecular weight is 244 g/mol. The monoisotopic (exact) mass is 244 g/mol. The second kappa shape index (κ2) is 6.10. The molecule has 1 rings (SSSR count). The lowest BCUT2D eigenvalue weighted by Gasteiger charge is -2.08. The molecule has 0 aromatic carbocycles. The molecular formula is C10H20N4OS. The minimum atomic E-state index is -0.135. The van der Waals surface area contributed by atoms with Crippen LogP contribution in [0.3, 0.4) is 0 Å². The third-order valence-corrected chi connectivity index (χ3v) is 3.26. The number of aromatic amines is 1. The highest BCUT2D eigenvalue weighted by molar-refractivity contribution is 7.99. The van der Waals surface area contributed by atoms with Gasteiger partial charge in [-0.3, -0.25) is 4.57 Å². The van der Waals surface area contributed by atoms with Crippen LogP contribution in [0.4, 0.5) is 0 Å². The average Bonchev–Trinajstić information content (AvgIpc) is 2.54. The standard InChI is InChI=1S/C10H20N4OS/c1-7(2)14-9(15)12-13-10(14)16-6-4-5-8(3)11/h7-8H,4-6,11H2,1-3H3,(H,12,15). The molecule has 0 aliphatic rings. The van der Waals surface area contributed by atoms with Gasteiger partial charge in [0.05, 0.1) is 0 Å². The Morgan fingerprint density at radius 2 is 2.19 bits per heavy atom. The summed E-state index contributed by atoms with van der Waals surface area (Å²) >= 11 is 1.60. The Morgan fingerprint density at radius 3 is 2.75 bits per heavy atom. The van der Waals surface area contributed by atoms with Gasteiger partial charge in [-0.1, -0.05) is 11.8 Å². The van der Waals surface area contributed by atoms with Crippen LogP contribution in [-0.2, 0) is 0 Å². The molecule has 3 N–H and O–H groups in total. The number of nitrogens with zero attached hydrogens (tertiary/aromatic N) is 2. The first-order valence-electron chi connectivity index (χ1n) is 5.57. The van der Waals surface area contributed by atoms with E-state index < -0.39 is 0 Å². The maximum atomic E-state index is 11.4. The van der Waals surface area contributed by atoms with Gasteiger partial charge in [-0.15, -0.1) is 5.10 Å². The number of rotatable bonds is 6. The van der Waals surface area contributed by atoms with Gasteiger partial charge < -0.3 is 5.73 Å². The molecule has 0 saturated carbocycles. The van der Waals surface area contributed by atoms with Gasteiger partial charge in [0.2, 0.25) is 0 Å². The van der Waals surface area contributed by atoms with E-state index in [-0.39, 0.29) is 17.8 Å². The number of H-pyrrole nitrogens is 1. The lowest BCUT2D eigenvalue weighted by Crippen LogP contribution is -2.19. The Labute approximate surface area is 99.8 Å². The fourth-order valence-electron chi connectivity index (χ4n) is 1.42. The van der Waals surface area contributed by atoms with E-state index in [2.05, 4.69) is 10.2 Å². The number of hydrogen-bond acceptors (Lipinski definition) is 4. The third kappa shape index (κ3) is 3.68. The molecule has 0 fully saturated rings. The molecule has 0 bridgehead atoms. The molecule has 6 heteroatoms. The molecule has 0 radical (unpaired) electrons. The fraction of sp³-hybridized carbons (Fsp3) is 0.800. The van der Waals surface area contributed by atoms with Gasteiger partial charge >= 0.3 is 5.69 Å². The molecule has 0 aliphatic carbocycles. The number of aromatic nitrogens is 3. The first-order valence-corrected chi connectivity index (χ1v) is 6.56. The van der Waals surface area contributed by atoms with Crippen LogP contribution in [0.1, 0.15) is 39.7 Å². The smallest absolute Gasteiger partial charge is 0.328 e. The van der Waals surface area contributed by atoms with Crippen molar-refractivity contribution in [1.82, 2.24) is 14.8 Å². The molecule has 1 atom stereocenters. The van der Waals surface area contributed by atoms with Crippen molar-refractivity contribution in [1.29, 1.82) is 0 Å². The van der Waals surface area contributed by atoms with Gasteiger partial charge in [-0.25, -0.2) is 9.89 Å². The van der Waals surface area contributed by atoms with Crippen LogP contribution in [0.5, 0.6) is 0 Å². The summed E-state index contributed by atoms with van der Waals surface area (Å²) in [5, 5.41) is 7.26. The van der Waals surface area contributed by atoms with Crippen LogP contribution >= 0.6 is 11.8 Å². The van der Waals surface area contributed by atoms with Crippen LogP contribution in [0.2, 0.25) is 0 Å². The second-order valence-corrected chi connectivity index (χ2v) is 5.31. The van der Waals surface area contributed by atoms with E-state index in [1.165, 1.54) is 0 Å². The Morgan fingerprint density at radius 1 is 1.50 bits per heavy atom. The largest absolute Gasteiger partial charge is 0.344 e. The highest BCUT2D eigenvalue weighted by atomic mass is 32.2. The maximum Gasteiger partial charge on any atom is 0.344 e. The van der Waals surface area contributed by atoms with E-state index in [4.69, 9.17) is 5.73 Å². The van der Waals surface area contributed by atoms with E-state index in [1.54, 1.807) is 16.3 Å². The van der Waals surface area contributed by atoms with Gasteiger partial charge in [0.15, 0.2) is 5.16 Å². The number of hydrogen-bond donors (Lipinski definition) is 2. The Bertz CT molecular complexity index is 369. The van der Waals surface area contributed by atoms with E-state index >= 15 is 0 Å². The SMILES string of the molecule is CC(N)CCCSc1n[nH]c(=O)n1C(C)C. The zero-order valence-corrected chi connectivity index (χ0v) is 10.9. The number of thioether (sulfide) groups is 1. The summed E-state index contributed by atoms with van der Waals surface area (Å²) in [6, 6.07) is 0.384. The predicted molar refractivity (Wildman–Crippen MR) is 66.8 cm³/mol. The van der Waals surface area contributed by atoms with Crippen LogP contribution in [0, 0.1) is 0 Å². The Kier molecular flexibility index (Phi) is 5.08. The molecule has 0 saturated heterocycles. The van der Waals surface area contributed by atoms with Crippen LogP contribution in [0.15, 0.2) is 9.95 Å². The predicted octanol–water partition coefficient (Wildman–Crippen LogP) is 1.37. The van der Waals surface area contributed by atoms with E-state index in [9.17, 15) is 4.79 Å². The van der Waals surface area contributed by atoms with E-state index in [0.29, 0.717) is 0 Å². The maximum absolute atomic E-state index is 11.4. The van der Waals surface area contributed by atoms with Gasteiger partial charge in [0.1, 0.15) is 0 Å². The Hall–Kier alpha value is -0.750. The summed E-state index contributed by atoms with van der Waals surface area (Å²) in [4.78, 5) is 11.4. The van der Waals surface area contributed by atoms with Crippen molar-refractivity contribution in [3.8, 4) is 0 Å². The molecule has 0 aliphatic heterocycles. The number of nitrogens with two attached hydrogens (primary N) is 1. The molecule has 1 aromatic rings. The van der Waals surface area contributed by atoms with Crippen molar-refractivity contribution in [2.45, 2.75) is 50.9 Å². The highest BCUT2D eigenvalue weighted by Crippen LogP contribution is 2.18. The van der Waals surface area contributed by atoms with Crippen molar-refractivity contribution < 1.29 is 0 Å². The topological polar surface area (TPSA) is 76.7 Å². The lowest BCUT2D eigenvalue weighted by molar-refractivity contribution is 0.533. The summed E-state index contributed by atoms with van der Waals surface area (Å²) in [5.74, 6) is 0.943. The summed E-state index contributed by atoms with van der Waals surface area (Å²) < 4.78 is 1.68. The number of nitrogens with one attached hydrogen (secondary N) is 1. The quantitative estimate of drug-likeness (QED) is 0.585. The van der Waals surface area contributed by atoms with Crippen LogP contribution in [0.25, 0.3) is 0 Å². The van der Waals surface area contributed by atoms with Crippen molar-refractivity contribution >= 4 is 11.8 Å². The molecule has 1 aromatic heterocycles. The molecule has 16 heavy (non-hydrogen) atoms. The normalized spacial score (nSPS) is 13.3. The Balaban J connectivity index is 2.51. The van der Waals surface area contributed by atoms with Crippen LogP contribution in [-0.4, -0.2) is 26.6 Å². The minimum Gasteiger partial charge on any atom is -0.328 e. The summed E-state index contributed by atoms with van der Waals surface area (Å²) in [6.07, 6.45) is 2.05. The first kappa shape index (κ1) is 13.3. The van der Waals surface area contributed by atoms with Crippen molar-refractivity contribution in [3.63, 3.8) is 0 Å². The van der Waals surface area contributed by atoms with Crippen molar-refractivity contribution in [3.05, 3.63) is 10.5 Å². The lowest BCUT2D eigenvalue weighted by atomic mass is 10.2. The molecule has 1 unspecified atom stereocenters. The van der Waals surface area contributed by atoms with Crippen LogP contribution < -0.4 is 11.4 Å². The molecule has 0 spiro atoms. The van der Waals surface area contributed by atoms with E-state index in [0.717, 1.165) is 23.8 Å². The van der Waals surface area contributed by atoms with Gasteiger partial charge in [0, 0.05) is 17.8 Å². The zero-order chi connectivity index (χ0) is 12.1. The molecule has 1 heterocycles. The van der Waals surface area contributed by atoms with Gasteiger partial charge in [-0.2, -0.15) is 0 Å². The second-order valence-electron chi connectivity index (χ2n) is 4.24. The van der Waals surface area contributed by atoms with E-state index in [1.807, 2.05) is 20.8 Å². The third-order valence-electron chi connectivity index (χ3n) is 2.22. The zero-order valence-electron chi connectivity index (χ0n) is 10.1. The molecule has 5 nitrogen and oxygen atoms in total. The molecule has 0 amide bonds. The van der Waals surface area contributed by atoms with Crippen molar-refractivity contribution in [2.24, 2.45) is 5.73 Å². The molecular weight excluding hydrogens is 224 g/mol. The molecule has 92 valence electrons. The minimum absolute atomic E-state index is 0.135. The summed E-state index contributed by atoms with van der Waals surface area (Å²) in [7, 11) is 0. The highest BCUT2D eigenvalue weighted by Gasteiger charge is 2.11. The summed E-state index contributed by atoms with van der Waals surface area (Å²) in [6.45, 7) is 5.95. The fourth-order valence-corrected chi connectivity index (χ4v) is 2.45. The van der Waals surface area contributed by atoms with Gasteiger partial charge in [-0.05, 0) is 33.6 Å². The first-order chi connectivity index (χ1) is 7.52.